The summed E-state index contributed by atoms with van der Waals surface area (Å²) < 4.78 is 0. The molecule has 4 heteroatoms. The first kappa shape index (κ1) is 16.9. The minimum absolute atomic E-state index is 0.453. The van der Waals surface area contributed by atoms with Crippen LogP contribution in [0, 0.1) is 13.8 Å². The van der Waals surface area contributed by atoms with Gasteiger partial charge in [-0.3, -0.25) is 0 Å². The second-order valence-corrected chi connectivity index (χ2v) is 7.24. The van der Waals surface area contributed by atoms with Crippen LogP contribution < -0.4 is 15.5 Å². The van der Waals surface area contributed by atoms with E-state index in [1.807, 2.05) is 0 Å². The van der Waals surface area contributed by atoms with Crippen molar-refractivity contribution < 1.29 is 4.90 Å². The largest absolute Gasteiger partial charge is 0.354 e. The Labute approximate surface area is 150 Å². The lowest BCUT2D eigenvalue weighted by molar-refractivity contribution is -0.901. The molecule has 1 fully saturated rings. The number of rotatable bonds is 4. The van der Waals surface area contributed by atoms with Gasteiger partial charge in [-0.05, 0) is 49.3 Å². The first-order chi connectivity index (χ1) is 11.6. The van der Waals surface area contributed by atoms with Crippen molar-refractivity contribution in [1.29, 1.82) is 0 Å². The van der Waals surface area contributed by atoms with E-state index in [-0.39, 0.29) is 0 Å². The van der Waals surface area contributed by atoms with Crippen LogP contribution in [0.15, 0.2) is 48.5 Å². The van der Waals surface area contributed by atoms with Gasteiger partial charge in [-0.25, -0.2) is 0 Å². The van der Waals surface area contributed by atoms with E-state index in [4.69, 9.17) is 12.2 Å². The molecule has 1 aliphatic heterocycles. The number of hydrogen-bond donors (Lipinski definition) is 3. The molecule has 3 nitrogen and oxygen atoms in total. The molecule has 0 spiro atoms. The predicted molar refractivity (Wildman–Crippen MR) is 105 cm³/mol. The summed E-state index contributed by atoms with van der Waals surface area (Å²) >= 11 is 5.50. The Bertz CT molecular complexity index is 679. The van der Waals surface area contributed by atoms with Gasteiger partial charge in [0.25, 0.3) is 0 Å². The number of thiocarbonyl (C=S) groups is 1. The molecular formula is C20H26N3S+. The molecule has 3 N–H and O–H groups in total. The maximum Gasteiger partial charge on any atom is 0.171 e. The Morgan fingerprint density at radius 3 is 2.54 bits per heavy atom. The smallest absolute Gasteiger partial charge is 0.171 e. The maximum atomic E-state index is 5.50. The molecule has 1 unspecified atom stereocenters. The number of hydrogen-bond acceptors (Lipinski definition) is 1. The van der Waals surface area contributed by atoms with Crippen molar-refractivity contribution >= 4 is 23.0 Å². The van der Waals surface area contributed by atoms with Gasteiger partial charge in [-0.15, -0.1) is 0 Å². The van der Waals surface area contributed by atoms with Crippen LogP contribution >= 0.6 is 12.2 Å². The summed E-state index contributed by atoms with van der Waals surface area (Å²) in [7, 11) is 0. The molecule has 2 aromatic rings. The molecule has 2 aromatic carbocycles. The molecule has 24 heavy (non-hydrogen) atoms. The number of quaternary nitrogens is 1. The number of nitrogens with one attached hydrogen (secondary N) is 3. The zero-order valence-electron chi connectivity index (χ0n) is 14.4. The summed E-state index contributed by atoms with van der Waals surface area (Å²) in [5, 5.41) is 7.54. The molecular weight excluding hydrogens is 314 g/mol. The highest BCUT2D eigenvalue weighted by Gasteiger charge is 2.26. The van der Waals surface area contributed by atoms with Crippen molar-refractivity contribution in [2.24, 2.45) is 0 Å². The third kappa shape index (κ3) is 4.79. The molecule has 2 atom stereocenters. The topological polar surface area (TPSA) is 28.5 Å². The Kier molecular flexibility index (Phi) is 5.48. The fraction of sp³-hybridized carbons (Fsp3) is 0.350. The Balaban J connectivity index is 1.49. The lowest BCUT2D eigenvalue weighted by Crippen LogP contribution is -3.09. The van der Waals surface area contributed by atoms with E-state index < -0.39 is 0 Å². The minimum Gasteiger partial charge on any atom is -0.354 e. The summed E-state index contributed by atoms with van der Waals surface area (Å²) in [6.45, 7) is 7.62. The molecule has 1 aliphatic rings. The molecule has 3 rings (SSSR count). The normalized spacial score (nSPS) is 19.9. The van der Waals surface area contributed by atoms with Crippen LogP contribution in [-0.2, 0) is 6.54 Å². The number of likely N-dealkylation sites (tertiary alicyclic amines) is 1. The standard InChI is InChI=1S/C20H25N3S/c1-15-10-16(2)12-19(11-15)22-20(24)21-18-8-9-23(14-18)13-17-6-4-3-5-7-17/h3-7,10-12,18H,8-9,13-14H2,1-2H3,(H2,21,22,24)/p+1/t18-/m0/s1. The Morgan fingerprint density at radius 2 is 1.83 bits per heavy atom. The van der Waals surface area contributed by atoms with Crippen molar-refractivity contribution in [1.82, 2.24) is 5.32 Å². The van der Waals surface area contributed by atoms with Crippen LogP contribution in [0.2, 0.25) is 0 Å². The van der Waals surface area contributed by atoms with Gasteiger partial charge >= 0.3 is 0 Å². The highest BCUT2D eigenvalue weighted by molar-refractivity contribution is 7.80. The van der Waals surface area contributed by atoms with Crippen LogP contribution in [0.25, 0.3) is 0 Å². The molecule has 0 radical (unpaired) electrons. The van der Waals surface area contributed by atoms with E-state index in [0.717, 1.165) is 30.3 Å². The third-order valence-corrected chi connectivity index (χ3v) is 4.71. The summed E-state index contributed by atoms with van der Waals surface area (Å²) in [4.78, 5) is 1.62. The number of anilines is 1. The molecule has 0 aliphatic carbocycles. The highest BCUT2D eigenvalue weighted by Crippen LogP contribution is 2.13. The Hall–Kier alpha value is -1.91. The van der Waals surface area contributed by atoms with Crippen LogP contribution in [0.5, 0.6) is 0 Å². The van der Waals surface area contributed by atoms with Gasteiger partial charge in [0, 0.05) is 17.7 Å². The van der Waals surface area contributed by atoms with Crippen molar-refractivity contribution in [2.75, 3.05) is 18.4 Å². The lowest BCUT2D eigenvalue weighted by atomic mass is 10.1. The van der Waals surface area contributed by atoms with E-state index in [2.05, 4.69) is 73.0 Å². The van der Waals surface area contributed by atoms with Crippen molar-refractivity contribution in [2.45, 2.75) is 32.9 Å². The molecule has 1 heterocycles. The summed E-state index contributed by atoms with van der Waals surface area (Å²) in [5.41, 5.74) is 4.97. The van der Waals surface area contributed by atoms with Crippen LogP contribution in [0.1, 0.15) is 23.1 Å². The van der Waals surface area contributed by atoms with E-state index >= 15 is 0 Å². The molecule has 0 amide bonds. The van der Waals surface area contributed by atoms with Crippen LogP contribution in [0.4, 0.5) is 5.69 Å². The van der Waals surface area contributed by atoms with E-state index in [1.54, 1.807) is 4.90 Å². The van der Waals surface area contributed by atoms with Crippen LogP contribution in [0.3, 0.4) is 0 Å². The van der Waals surface area contributed by atoms with Crippen molar-refractivity contribution in [3.8, 4) is 0 Å². The van der Waals surface area contributed by atoms with Gasteiger partial charge in [0.2, 0.25) is 0 Å². The summed E-state index contributed by atoms with van der Waals surface area (Å²) in [6.07, 6.45) is 1.16. The zero-order chi connectivity index (χ0) is 16.9. The van der Waals surface area contributed by atoms with Crippen LogP contribution in [-0.4, -0.2) is 24.2 Å². The lowest BCUT2D eigenvalue weighted by Gasteiger charge is -2.17. The van der Waals surface area contributed by atoms with Gasteiger partial charge in [0.1, 0.15) is 6.54 Å². The minimum atomic E-state index is 0.453. The third-order valence-electron chi connectivity index (χ3n) is 4.49. The SMILES string of the molecule is Cc1cc(C)cc(NC(=S)N[C@H]2CC[NH+](Cc3ccccc3)C2)c1. The fourth-order valence-corrected chi connectivity index (χ4v) is 3.78. The quantitative estimate of drug-likeness (QED) is 0.747. The maximum absolute atomic E-state index is 5.50. The van der Waals surface area contributed by atoms with Gasteiger partial charge in [0.15, 0.2) is 5.11 Å². The van der Waals surface area contributed by atoms with Gasteiger partial charge in [-0.1, -0.05) is 36.4 Å². The second-order valence-electron chi connectivity index (χ2n) is 6.83. The summed E-state index contributed by atoms with van der Waals surface area (Å²) in [6, 6.07) is 17.6. The number of aryl methyl sites for hydroxylation is 2. The molecule has 126 valence electrons. The van der Waals surface area contributed by atoms with E-state index in [1.165, 1.54) is 23.2 Å². The fourth-order valence-electron chi connectivity index (χ4n) is 3.50. The Morgan fingerprint density at radius 1 is 1.12 bits per heavy atom. The second kappa shape index (κ2) is 7.77. The molecule has 0 bridgehead atoms. The highest BCUT2D eigenvalue weighted by atomic mass is 32.1. The molecule has 0 aromatic heterocycles. The zero-order valence-corrected chi connectivity index (χ0v) is 15.2. The van der Waals surface area contributed by atoms with Gasteiger partial charge < -0.3 is 15.5 Å². The van der Waals surface area contributed by atoms with E-state index in [0.29, 0.717) is 6.04 Å². The van der Waals surface area contributed by atoms with Gasteiger partial charge in [0.05, 0.1) is 19.1 Å². The first-order valence-corrected chi connectivity index (χ1v) is 9.02. The first-order valence-electron chi connectivity index (χ1n) is 8.62. The monoisotopic (exact) mass is 340 g/mol. The predicted octanol–water partition coefficient (Wildman–Crippen LogP) is 2.45. The molecule has 0 saturated carbocycles. The van der Waals surface area contributed by atoms with Crippen molar-refractivity contribution in [3.63, 3.8) is 0 Å². The summed E-state index contributed by atoms with van der Waals surface area (Å²) in [5.74, 6) is 0. The average Bonchev–Trinajstić information content (AvgIpc) is 2.94. The van der Waals surface area contributed by atoms with E-state index in [9.17, 15) is 0 Å². The number of benzene rings is 2. The average molecular weight is 341 g/mol. The van der Waals surface area contributed by atoms with Crippen molar-refractivity contribution in [3.05, 3.63) is 65.2 Å². The molecule has 1 saturated heterocycles. The van der Waals surface area contributed by atoms with Gasteiger partial charge in [-0.2, -0.15) is 0 Å².